The number of para-hydroxylation sites is 1. The van der Waals surface area contributed by atoms with Gasteiger partial charge in [-0.2, -0.15) is 0 Å². The molecular weight excluding hydrogens is 470 g/mol. The number of nitrogens with zero attached hydrogens (tertiary/aromatic N) is 1. The standard InChI is InChI=1S/C25H25N3O6S/c1-3-34-19-9-8-15(12-20(19)33-2)13-21-24(31)28(25(32)35-21)11-10-26-23(30)17-14-22(29)27-18-7-5-4-6-16(17)18/h4-9,12-13,17H,3,10-11,14H2,1-2H3,(H,26,30)(H,27,29)/b21-13-. The van der Waals surface area contributed by atoms with Gasteiger partial charge in [0.1, 0.15) is 0 Å². The van der Waals surface area contributed by atoms with Crippen LogP contribution in [0.2, 0.25) is 0 Å². The first kappa shape index (κ1) is 24.3. The van der Waals surface area contributed by atoms with Crippen molar-refractivity contribution in [3.8, 4) is 11.5 Å². The number of hydrogen-bond donors (Lipinski definition) is 2. The van der Waals surface area contributed by atoms with Crippen LogP contribution in [-0.2, 0) is 14.4 Å². The normalized spacial score (nSPS) is 18.3. The molecule has 0 radical (unpaired) electrons. The maximum Gasteiger partial charge on any atom is 0.293 e. The molecule has 2 aliphatic rings. The Balaban J connectivity index is 1.38. The number of benzene rings is 2. The fraction of sp³-hybridized carbons (Fsp3) is 0.280. The molecule has 2 N–H and O–H groups in total. The summed E-state index contributed by atoms with van der Waals surface area (Å²) in [6, 6.07) is 12.4. The zero-order valence-electron chi connectivity index (χ0n) is 19.3. The second kappa shape index (κ2) is 10.6. The summed E-state index contributed by atoms with van der Waals surface area (Å²) >= 11 is 0.843. The van der Waals surface area contributed by atoms with Gasteiger partial charge in [0, 0.05) is 25.2 Å². The summed E-state index contributed by atoms with van der Waals surface area (Å²) < 4.78 is 10.8. The van der Waals surface area contributed by atoms with E-state index in [0.717, 1.165) is 22.2 Å². The smallest absolute Gasteiger partial charge is 0.293 e. The maximum absolute atomic E-state index is 12.8. The van der Waals surface area contributed by atoms with E-state index in [1.807, 2.05) is 13.0 Å². The van der Waals surface area contributed by atoms with Gasteiger partial charge in [-0.05, 0) is 54.1 Å². The van der Waals surface area contributed by atoms with E-state index >= 15 is 0 Å². The van der Waals surface area contributed by atoms with Crippen molar-refractivity contribution in [3.05, 3.63) is 58.5 Å². The molecular formula is C25H25N3O6S. The minimum atomic E-state index is -0.621. The molecule has 0 saturated carbocycles. The number of thioether (sulfide) groups is 1. The lowest BCUT2D eigenvalue weighted by Gasteiger charge is -2.25. The molecule has 182 valence electrons. The van der Waals surface area contributed by atoms with E-state index in [4.69, 9.17) is 9.47 Å². The Hall–Kier alpha value is -3.79. The SMILES string of the molecule is CCOc1ccc(/C=C2\SC(=O)N(CCNC(=O)C3CC(=O)Nc4ccccc43)C2=O)cc1OC. The third kappa shape index (κ3) is 5.32. The van der Waals surface area contributed by atoms with Crippen LogP contribution < -0.4 is 20.1 Å². The van der Waals surface area contributed by atoms with Crippen LogP contribution >= 0.6 is 11.8 Å². The van der Waals surface area contributed by atoms with Gasteiger partial charge in [-0.1, -0.05) is 24.3 Å². The number of carbonyl (C=O) groups is 4. The molecule has 4 amide bonds. The highest BCUT2D eigenvalue weighted by Crippen LogP contribution is 2.35. The van der Waals surface area contributed by atoms with Crippen LogP contribution in [0.4, 0.5) is 10.5 Å². The van der Waals surface area contributed by atoms with Gasteiger partial charge >= 0.3 is 0 Å². The van der Waals surface area contributed by atoms with E-state index in [1.54, 1.807) is 42.5 Å². The highest BCUT2D eigenvalue weighted by Gasteiger charge is 2.35. The lowest BCUT2D eigenvalue weighted by atomic mass is 9.90. The van der Waals surface area contributed by atoms with Gasteiger partial charge < -0.3 is 20.1 Å². The third-order valence-electron chi connectivity index (χ3n) is 5.61. The van der Waals surface area contributed by atoms with Crippen LogP contribution in [-0.4, -0.2) is 54.7 Å². The number of rotatable bonds is 8. The Morgan fingerprint density at radius 3 is 2.77 bits per heavy atom. The molecule has 2 aromatic carbocycles. The van der Waals surface area contributed by atoms with Crippen molar-refractivity contribution in [2.24, 2.45) is 0 Å². The van der Waals surface area contributed by atoms with Gasteiger partial charge in [0.2, 0.25) is 11.8 Å². The van der Waals surface area contributed by atoms with Crippen LogP contribution in [0.25, 0.3) is 6.08 Å². The molecule has 1 fully saturated rings. The van der Waals surface area contributed by atoms with Gasteiger partial charge in [-0.25, -0.2) is 0 Å². The highest BCUT2D eigenvalue weighted by atomic mass is 32.2. The Bertz CT molecular complexity index is 1210. The minimum Gasteiger partial charge on any atom is -0.493 e. The highest BCUT2D eigenvalue weighted by molar-refractivity contribution is 8.18. The zero-order chi connectivity index (χ0) is 24.9. The minimum absolute atomic E-state index is 0.0287. The van der Waals surface area contributed by atoms with E-state index in [-0.39, 0.29) is 36.2 Å². The summed E-state index contributed by atoms with van der Waals surface area (Å²) in [6.07, 6.45) is 1.66. The van der Waals surface area contributed by atoms with Crippen molar-refractivity contribution in [1.82, 2.24) is 10.2 Å². The third-order valence-corrected chi connectivity index (χ3v) is 6.52. The fourth-order valence-electron chi connectivity index (χ4n) is 3.95. The lowest BCUT2D eigenvalue weighted by molar-refractivity contribution is -0.126. The summed E-state index contributed by atoms with van der Waals surface area (Å²) in [7, 11) is 1.53. The van der Waals surface area contributed by atoms with E-state index in [0.29, 0.717) is 29.4 Å². The monoisotopic (exact) mass is 495 g/mol. The van der Waals surface area contributed by atoms with Gasteiger partial charge in [0.15, 0.2) is 11.5 Å². The van der Waals surface area contributed by atoms with Crippen LogP contribution in [0.15, 0.2) is 47.4 Å². The summed E-state index contributed by atoms with van der Waals surface area (Å²) in [6.45, 7) is 2.48. The fourth-order valence-corrected chi connectivity index (χ4v) is 4.82. The number of hydrogen-bond acceptors (Lipinski definition) is 7. The molecule has 2 aromatic rings. The topological polar surface area (TPSA) is 114 Å². The van der Waals surface area contributed by atoms with Crippen LogP contribution in [0.1, 0.15) is 30.4 Å². The number of anilines is 1. The van der Waals surface area contributed by atoms with Crippen molar-refractivity contribution in [2.45, 2.75) is 19.3 Å². The zero-order valence-corrected chi connectivity index (χ0v) is 20.1. The van der Waals surface area contributed by atoms with Crippen molar-refractivity contribution in [1.29, 1.82) is 0 Å². The molecule has 0 spiro atoms. The van der Waals surface area contributed by atoms with Crippen LogP contribution in [0.5, 0.6) is 11.5 Å². The largest absolute Gasteiger partial charge is 0.493 e. The molecule has 0 bridgehead atoms. The van der Waals surface area contributed by atoms with Crippen molar-refractivity contribution >= 4 is 46.5 Å². The van der Waals surface area contributed by atoms with E-state index in [1.165, 1.54) is 7.11 Å². The van der Waals surface area contributed by atoms with Crippen molar-refractivity contribution in [3.63, 3.8) is 0 Å². The van der Waals surface area contributed by atoms with E-state index in [9.17, 15) is 19.2 Å². The Morgan fingerprint density at radius 2 is 2.00 bits per heavy atom. The molecule has 2 aliphatic heterocycles. The van der Waals surface area contributed by atoms with E-state index in [2.05, 4.69) is 10.6 Å². The number of imide groups is 1. The molecule has 10 heteroatoms. The maximum atomic E-state index is 12.8. The summed E-state index contributed by atoms with van der Waals surface area (Å²) in [4.78, 5) is 51.4. The molecule has 1 atom stereocenters. The average molecular weight is 496 g/mol. The van der Waals surface area contributed by atoms with Crippen LogP contribution in [0, 0.1) is 0 Å². The molecule has 0 aromatic heterocycles. The van der Waals surface area contributed by atoms with Crippen molar-refractivity contribution in [2.75, 3.05) is 32.1 Å². The Morgan fingerprint density at radius 1 is 1.20 bits per heavy atom. The first-order valence-corrected chi connectivity index (χ1v) is 12.0. The Kier molecular flexibility index (Phi) is 7.40. The van der Waals surface area contributed by atoms with Gasteiger partial charge in [-0.15, -0.1) is 0 Å². The molecule has 1 saturated heterocycles. The number of nitrogens with one attached hydrogen (secondary N) is 2. The van der Waals surface area contributed by atoms with Crippen LogP contribution in [0.3, 0.4) is 0 Å². The average Bonchev–Trinajstić information content (AvgIpc) is 3.11. The molecule has 1 unspecified atom stereocenters. The molecule has 35 heavy (non-hydrogen) atoms. The second-order valence-electron chi connectivity index (χ2n) is 7.86. The lowest BCUT2D eigenvalue weighted by Crippen LogP contribution is -2.40. The molecule has 0 aliphatic carbocycles. The summed E-state index contributed by atoms with van der Waals surface area (Å²) in [5.41, 5.74) is 2.05. The van der Waals surface area contributed by atoms with Gasteiger partial charge in [-0.3, -0.25) is 24.1 Å². The quantitative estimate of drug-likeness (QED) is 0.540. The number of ether oxygens (including phenoxy) is 2. The predicted molar refractivity (Wildman–Crippen MR) is 132 cm³/mol. The Labute approximate surface area is 206 Å². The summed E-state index contributed by atoms with van der Waals surface area (Å²) in [5.74, 6) is -0.481. The predicted octanol–water partition coefficient (Wildman–Crippen LogP) is 3.37. The number of carbonyl (C=O) groups excluding carboxylic acids is 4. The van der Waals surface area contributed by atoms with E-state index < -0.39 is 17.1 Å². The number of methoxy groups -OCH3 is 1. The van der Waals surface area contributed by atoms with Gasteiger partial charge in [0.25, 0.3) is 11.1 Å². The second-order valence-corrected chi connectivity index (χ2v) is 8.85. The molecule has 9 nitrogen and oxygen atoms in total. The van der Waals surface area contributed by atoms with Crippen molar-refractivity contribution < 1.29 is 28.7 Å². The molecule has 2 heterocycles. The number of fused-ring (bicyclic) bond motifs is 1. The first-order valence-electron chi connectivity index (χ1n) is 11.1. The molecule has 4 rings (SSSR count). The first-order chi connectivity index (χ1) is 16.9. The van der Waals surface area contributed by atoms with Gasteiger partial charge in [0.05, 0.1) is 24.5 Å². The number of amides is 4. The summed E-state index contributed by atoms with van der Waals surface area (Å²) in [5, 5.41) is 5.11.